The lowest BCUT2D eigenvalue weighted by Crippen LogP contribution is -2.38. The first-order valence-corrected chi connectivity index (χ1v) is 9.39. The molecule has 0 unspecified atom stereocenters. The third kappa shape index (κ3) is 4.97. The molecular weight excluding hydrogens is 360 g/mol. The highest BCUT2D eigenvalue weighted by Crippen LogP contribution is 2.19. The zero-order chi connectivity index (χ0) is 20.1. The molecule has 1 aromatic carbocycles. The maximum absolute atomic E-state index is 12.4. The Kier molecular flexibility index (Phi) is 6.08. The summed E-state index contributed by atoms with van der Waals surface area (Å²) in [4.78, 5) is 36.0. The largest absolute Gasteiger partial charge is 0.478 e. The second-order valence-electron chi connectivity index (χ2n) is 7.14. The van der Waals surface area contributed by atoms with Gasteiger partial charge in [0.2, 0.25) is 5.91 Å². The molecule has 2 amide bonds. The van der Waals surface area contributed by atoms with E-state index in [-0.39, 0.29) is 35.3 Å². The molecule has 148 valence electrons. The Hall–Kier alpha value is -3.16. The minimum atomic E-state index is -1.12. The number of carboxylic acids is 1. The molecule has 8 nitrogen and oxygen atoms in total. The van der Waals surface area contributed by atoms with Crippen LogP contribution in [0.4, 0.5) is 5.69 Å². The molecule has 0 bridgehead atoms. The topological polar surface area (TPSA) is 113 Å². The van der Waals surface area contributed by atoms with Crippen LogP contribution in [-0.2, 0) is 11.3 Å². The zero-order valence-corrected chi connectivity index (χ0v) is 15.8. The molecule has 0 saturated heterocycles. The Bertz CT molecular complexity index is 884. The minimum Gasteiger partial charge on any atom is -0.478 e. The number of carbonyl (C=O) groups excluding carboxylic acids is 2. The zero-order valence-electron chi connectivity index (χ0n) is 15.8. The average Bonchev–Trinajstić information content (AvgIpc) is 3.12. The van der Waals surface area contributed by atoms with Crippen molar-refractivity contribution >= 4 is 23.5 Å². The molecule has 0 aliphatic heterocycles. The van der Waals surface area contributed by atoms with E-state index in [9.17, 15) is 19.5 Å². The standard InChI is InChI=1S/C20H24N4O4/c1-13-7-8-17(16(9-13)20(27)28)23-19(26)14-10-21-24(11-14)12-18(25)22-15-5-3-2-4-6-15/h7-11,15H,2-6,12H2,1H3,(H,22,25)(H,23,26)(H,27,28). The SMILES string of the molecule is Cc1ccc(NC(=O)c2cnn(CC(=O)NC3CCCCC3)c2)c(C(=O)O)c1. The predicted octanol–water partition coefficient (Wildman–Crippen LogP) is 2.59. The van der Waals surface area contributed by atoms with Crippen molar-refractivity contribution in [2.45, 2.75) is 51.6 Å². The minimum absolute atomic E-state index is 0.0209. The van der Waals surface area contributed by atoms with Crippen molar-refractivity contribution in [3.05, 3.63) is 47.3 Å². The maximum Gasteiger partial charge on any atom is 0.337 e. The number of benzene rings is 1. The van der Waals surface area contributed by atoms with E-state index in [0.29, 0.717) is 0 Å². The molecule has 1 aliphatic carbocycles. The molecule has 1 heterocycles. The lowest BCUT2D eigenvalue weighted by Gasteiger charge is -2.22. The summed E-state index contributed by atoms with van der Waals surface area (Å²) in [5.74, 6) is -1.73. The highest BCUT2D eigenvalue weighted by Gasteiger charge is 2.18. The first kappa shape index (κ1) is 19.6. The summed E-state index contributed by atoms with van der Waals surface area (Å²) in [5.41, 5.74) is 1.27. The van der Waals surface area contributed by atoms with Crippen molar-refractivity contribution in [3.63, 3.8) is 0 Å². The van der Waals surface area contributed by atoms with Crippen LogP contribution < -0.4 is 10.6 Å². The molecule has 0 spiro atoms. The van der Waals surface area contributed by atoms with Crippen LogP contribution in [0.25, 0.3) is 0 Å². The summed E-state index contributed by atoms with van der Waals surface area (Å²) in [6.07, 6.45) is 8.32. The number of nitrogens with one attached hydrogen (secondary N) is 2. The molecule has 0 atom stereocenters. The van der Waals surface area contributed by atoms with Crippen LogP contribution in [0.1, 0.15) is 58.4 Å². The Morgan fingerprint density at radius 3 is 2.68 bits per heavy atom. The molecule has 8 heteroatoms. The molecule has 3 rings (SSSR count). The molecule has 1 saturated carbocycles. The van der Waals surface area contributed by atoms with Gasteiger partial charge in [0.15, 0.2) is 0 Å². The number of rotatable bonds is 6. The summed E-state index contributed by atoms with van der Waals surface area (Å²) in [6, 6.07) is 4.99. The van der Waals surface area contributed by atoms with Gasteiger partial charge in [0.25, 0.3) is 5.91 Å². The van der Waals surface area contributed by atoms with Crippen LogP contribution in [0.5, 0.6) is 0 Å². The summed E-state index contributed by atoms with van der Waals surface area (Å²) in [5, 5.41) is 19.0. The fourth-order valence-corrected chi connectivity index (χ4v) is 3.37. The molecule has 3 N–H and O–H groups in total. The van der Waals surface area contributed by atoms with E-state index in [1.165, 1.54) is 29.6 Å². The van der Waals surface area contributed by atoms with Gasteiger partial charge in [-0.25, -0.2) is 4.79 Å². The number of carbonyl (C=O) groups is 3. The third-order valence-electron chi connectivity index (χ3n) is 4.82. The van der Waals surface area contributed by atoms with E-state index in [1.807, 2.05) is 0 Å². The van der Waals surface area contributed by atoms with E-state index in [1.54, 1.807) is 19.1 Å². The van der Waals surface area contributed by atoms with Crippen LogP contribution in [0.2, 0.25) is 0 Å². The quantitative estimate of drug-likeness (QED) is 0.708. The first-order chi connectivity index (χ1) is 13.4. The molecule has 1 aliphatic rings. The smallest absolute Gasteiger partial charge is 0.337 e. The van der Waals surface area contributed by atoms with Crippen molar-refractivity contribution in [1.29, 1.82) is 0 Å². The number of nitrogens with zero attached hydrogens (tertiary/aromatic N) is 2. The molecule has 1 fully saturated rings. The van der Waals surface area contributed by atoms with Gasteiger partial charge >= 0.3 is 5.97 Å². The van der Waals surface area contributed by atoms with E-state index >= 15 is 0 Å². The van der Waals surface area contributed by atoms with Crippen LogP contribution in [0.3, 0.4) is 0 Å². The Labute approximate surface area is 162 Å². The molecule has 0 radical (unpaired) electrons. The van der Waals surface area contributed by atoms with E-state index in [2.05, 4.69) is 15.7 Å². The van der Waals surface area contributed by atoms with Gasteiger partial charge in [0.05, 0.1) is 23.0 Å². The number of carboxylic acid groups (broad SMARTS) is 1. The average molecular weight is 384 g/mol. The fourth-order valence-electron chi connectivity index (χ4n) is 3.37. The maximum atomic E-state index is 12.4. The number of aromatic nitrogens is 2. The van der Waals surface area contributed by atoms with Crippen molar-refractivity contribution in [1.82, 2.24) is 15.1 Å². The van der Waals surface area contributed by atoms with Gasteiger partial charge < -0.3 is 15.7 Å². The van der Waals surface area contributed by atoms with Crippen LogP contribution in [-0.4, -0.2) is 38.7 Å². The third-order valence-corrected chi connectivity index (χ3v) is 4.82. The normalized spacial score (nSPS) is 14.5. The summed E-state index contributed by atoms with van der Waals surface area (Å²) < 4.78 is 1.40. The van der Waals surface area contributed by atoms with Crippen molar-refractivity contribution in [2.75, 3.05) is 5.32 Å². The fraction of sp³-hybridized carbons (Fsp3) is 0.400. The highest BCUT2D eigenvalue weighted by atomic mass is 16.4. The lowest BCUT2D eigenvalue weighted by atomic mass is 9.95. The van der Waals surface area contributed by atoms with Crippen LogP contribution in [0, 0.1) is 6.92 Å². The molecule has 1 aromatic heterocycles. The Balaban J connectivity index is 1.61. The van der Waals surface area contributed by atoms with Gasteiger partial charge in [-0.1, -0.05) is 30.9 Å². The lowest BCUT2D eigenvalue weighted by molar-refractivity contribution is -0.122. The van der Waals surface area contributed by atoms with Crippen LogP contribution >= 0.6 is 0 Å². The molecule has 2 aromatic rings. The second-order valence-corrected chi connectivity index (χ2v) is 7.14. The molecule has 28 heavy (non-hydrogen) atoms. The van der Waals surface area contributed by atoms with Crippen molar-refractivity contribution < 1.29 is 19.5 Å². The van der Waals surface area contributed by atoms with Gasteiger partial charge in [-0.15, -0.1) is 0 Å². The number of anilines is 1. The number of aromatic carboxylic acids is 1. The predicted molar refractivity (Wildman–Crippen MR) is 103 cm³/mol. The van der Waals surface area contributed by atoms with Crippen LogP contribution in [0.15, 0.2) is 30.6 Å². The first-order valence-electron chi connectivity index (χ1n) is 9.39. The summed E-state index contributed by atoms with van der Waals surface area (Å²) in [6.45, 7) is 1.81. The van der Waals surface area contributed by atoms with E-state index in [4.69, 9.17) is 0 Å². The van der Waals surface area contributed by atoms with Gasteiger partial charge in [0, 0.05) is 12.2 Å². The molecular formula is C20H24N4O4. The monoisotopic (exact) mass is 384 g/mol. The van der Waals surface area contributed by atoms with Gasteiger partial charge in [-0.05, 0) is 31.9 Å². The summed E-state index contributed by atoms with van der Waals surface area (Å²) >= 11 is 0. The van der Waals surface area contributed by atoms with E-state index < -0.39 is 11.9 Å². The summed E-state index contributed by atoms with van der Waals surface area (Å²) in [7, 11) is 0. The van der Waals surface area contributed by atoms with Gasteiger partial charge in [0.1, 0.15) is 6.54 Å². The number of aryl methyl sites for hydroxylation is 1. The highest BCUT2D eigenvalue weighted by molar-refractivity contribution is 6.07. The van der Waals surface area contributed by atoms with E-state index in [0.717, 1.165) is 31.2 Å². The Morgan fingerprint density at radius 2 is 1.96 bits per heavy atom. The second kappa shape index (κ2) is 8.69. The number of hydrogen-bond donors (Lipinski definition) is 3. The van der Waals surface area contributed by atoms with Gasteiger partial charge in [-0.2, -0.15) is 5.10 Å². The number of amides is 2. The van der Waals surface area contributed by atoms with Crippen molar-refractivity contribution in [3.8, 4) is 0 Å². The van der Waals surface area contributed by atoms with Crippen molar-refractivity contribution in [2.24, 2.45) is 0 Å². The van der Waals surface area contributed by atoms with Gasteiger partial charge in [-0.3, -0.25) is 14.3 Å². The number of hydrogen-bond acceptors (Lipinski definition) is 4. The Morgan fingerprint density at radius 1 is 1.21 bits per heavy atom.